The Balaban J connectivity index is 2.69. The number of ether oxygens (including phenoxy) is 2. The molecule has 0 heterocycles. The van der Waals surface area contributed by atoms with E-state index in [2.05, 4.69) is 0 Å². The summed E-state index contributed by atoms with van der Waals surface area (Å²) in [6.45, 7) is 2.06. The third-order valence-corrected chi connectivity index (χ3v) is 1.97. The van der Waals surface area contributed by atoms with Crippen LogP contribution in [-0.4, -0.2) is 30.9 Å². The molecule has 0 aromatic heterocycles. The quantitative estimate of drug-likeness (QED) is 0.456. The highest BCUT2D eigenvalue weighted by atomic mass is 16.6. The van der Waals surface area contributed by atoms with Crippen LogP contribution in [0.15, 0.2) is 18.2 Å². The van der Waals surface area contributed by atoms with E-state index in [1.54, 1.807) is 6.92 Å². The Morgan fingerprint density at radius 2 is 2.25 bits per heavy atom. The summed E-state index contributed by atoms with van der Waals surface area (Å²) in [4.78, 5) is 11.6. The molecule has 88 valence electrons. The molecule has 1 rings (SSSR count). The summed E-state index contributed by atoms with van der Waals surface area (Å²) >= 11 is 0. The van der Waals surface area contributed by atoms with E-state index in [1.807, 2.05) is 0 Å². The molecule has 1 aromatic carbocycles. The van der Waals surface area contributed by atoms with Crippen molar-refractivity contribution in [1.82, 2.24) is 0 Å². The molecule has 0 saturated carbocycles. The standard InChI is InChI=1S/C11H15NO4/c1-7(6-15-2)16-11(14)8-3-4-10(13)9(12)5-8/h3-5,7,13H,6,12H2,1-2H3. The van der Waals surface area contributed by atoms with Gasteiger partial charge in [0.1, 0.15) is 11.9 Å². The first kappa shape index (κ1) is 12.3. The molecule has 16 heavy (non-hydrogen) atoms. The van der Waals surface area contributed by atoms with Gasteiger partial charge >= 0.3 is 5.97 Å². The van der Waals surface area contributed by atoms with Crippen LogP contribution < -0.4 is 5.73 Å². The Hall–Kier alpha value is -1.75. The number of carbonyl (C=O) groups excluding carboxylic acids is 1. The maximum Gasteiger partial charge on any atom is 0.338 e. The monoisotopic (exact) mass is 225 g/mol. The minimum atomic E-state index is -0.490. The third-order valence-electron chi connectivity index (χ3n) is 1.97. The first-order chi connectivity index (χ1) is 7.54. The molecule has 5 heteroatoms. The summed E-state index contributed by atoms with van der Waals surface area (Å²) in [5.74, 6) is -0.544. The summed E-state index contributed by atoms with van der Waals surface area (Å²) in [5, 5.41) is 9.19. The lowest BCUT2D eigenvalue weighted by molar-refractivity contribution is 0.0120. The van der Waals surface area contributed by atoms with Gasteiger partial charge in [-0.2, -0.15) is 0 Å². The van der Waals surface area contributed by atoms with Gasteiger partial charge in [0, 0.05) is 7.11 Å². The topological polar surface area (TPSA) is 81.8 Å². The first-order valence-corrected chi connectivity index (χ1v) is 4.83. The number of hydrogen-bond acceptors (Lipinski definition) is 5. The maximum absolute atomic E-state index is 11.6. The van der Waals surface area contributed by atoms with E-state index in [4.69, 9.17) is 15.2 Å². The van der Waals surface area contributed by atoms with Gasteiger partial charge in [0.25, 0.3) is 0 Å². The van der Waals surface area contributed by atoms with Crippen molar-refractivity contribution < 1.29 is 19.4 Å². The predicted octanol–water partition coefficient (Wildman–Crippen LogP) is 1.17. The molecule has 1 unspecified atom stereocenters. The third kappa shape index (κ3) is 3.13. The molecule has 0 saturated heterocycles. The van der Waals surface area contributed by atoms with Crippen molar-refractivity contribution in [2.75, 3.05) is 19.5 Å². The zero-order chi connectivity index (χ0) is 12.1. The largest absolute Gasteiger partial charge is 0.506 e. The number of hydrogen-bond donors (Lipinski definition) is 2. The molecular formula is C11H15NO4. The van der Waals surface area contributed by atoms with Crippen molar-refractivity contribution in [3.63, 3.8) is 0 Å². The van der Waals surface area contributed by atoms with Gasteiger partial charge in [-0.1, -0.05) is 0 Å². The van der Waals surface area contributed by atoms with Gasteiger partial charge in [-0.3, -0.25) is 0 Å². The van der Waals surface area contributed by atoms with Crippen LogP contribution in [0.3, 0.4) is 0 Å². The van der Waals surface area contributed by atoms with E-state index in [0.29, 0.717) is 12.2 Å². The van der Waals surface area contributed by atoms with Crippen LogP contribution in [0.2, 0.25) is 0 Å². The number of phenols is 1. The Bertz CT molecular complexity index is 378. The number of carbonyl (C=O) groups is 1. The SMILES string of the molecule is COCC(C)OC(=O)c1ccc(O)c(N)c1. The fraction of sp³-hybridized carbons (Fsp3) is 0.364. The Labute approximate surface area is 93.8 Å². The van der Waals surface area contributed by atoms with Crippen LogP contribution in [0.1, 0.15) is 17.3 Å². The fourth-order valence-corrected chi connectivity index (χ4v) is 1.20. The van der Waals surface area contributed by atoms with Crippen LogP contribution in [0, 0.1) is 0 Å². The van der Waals surface area contributed by atoms with Crippen molar-refractivity contribution in [2.45, 2.75) is 13.0 Å². The van der Waals surface area contributed by atoms with Crippen LogP contribution in [0.5, 0.6) is 5.75 Å². The lowest BCUT2D eigenvalue weighted by atomic mass is 10.2. The summed E-state index contributed by atoms with van der Waals surface area (Å²) in [7, 11) is 1.53. The van der Waals surface area contributed by atoms with Crippen LogP contribution in [0.25, 0.3) is 0 Å². The number of nitrogen functional groups attached to an aromatic ring is 1. The number of esters is 1. The lowest BCUT2D eigenvalue weighted by Crippen LogP contribution is -2.19. The maximum atomic E-state index is 11.6. The fourth-order valence-electron chi connectivity index (χ4n) is 1.20. The highest BCUT2D eigenvalue weighted by Gasteiger charge is 2.12. The number of anilines is 1. The van der Waals surface area contributed by atoms with Crippen molar-refractivity contribution in [3.8, 4) is 5.75 Å². The minimum Gasteiger partial charge on any atom is -0.506 e. The van der Waals surface area contributed by atoms with E-state index < -0.39 is 5.97 Å². The number of rotatable bonds is 4. The van der Waals surface area contributed by atoms with E-state index in [1.165, 1.54) is 25.3 Å². The van der Waals surface area contributed by atoms with Gasteiger partial charge in [0.2, 0.25) is 0 Å². The second kappa shape index (κ2) is 5.37. The van der Waals surface area contributed by atoms with Crippen LogP contribution in [0.4, 0.5) is 5.69 Å². The van der Waals surface area contributed by atoms with Gasteiger partial charge in [-0.05, 0) is 25.1 Å². The highest BCUT2D eigenvalue weighted by Crippen LogP contribution is 2.21. The van der Waals surface area contributed by atoms with Crippen molar-refractivity contribution >= 4 is 11.7 Å². The van der Waals surface area contributed by atoms with E-state index in [0.717, 1.165) is 0 Å². The summed E-state index contributed by atoms with van der Waals surface area (Å²) in [6.07, 6.45) is -0.326. The Morgan fingerprint density at radius 3 is 2.81 bits per heavy atom. The van der Waals surface area contributed by atoms with Crippen molar-refractivity contribution in [1.29, 1.82) is 0 Å². The smallest absolute Gasteiger partial charge is 0.338 e. The zero-order valence-electron chi connectivity index (χ0n) is 9.27. The molecule has 0 spiro atoms. The molecule has 5 nitrogen and oxygen atoms in total. The molecule has 1 aromatic rings. The summed E-state index contributed by atoms with van der Waals surface area (Å²) in [5.41, 5.74) is 5.92. The molecule has 0 aliphatic carbocycles. The number of nitrogens with two attached hydrogens (primary N) is 1. The molecular weight excluding hydrogens is 210 g/mol. The first-order valence-electron chi connectivity index (χ1n) is 4.83. The normalized spacial score (nSPS) is 12.1. The number of phenolic OH excluding ortho intramolecular Hbond substituents is 1. The number of aromatic hydroxyl groups is 1. The molecule has 3 N–H and O–H groups in total. The van der Waals surface area contributed by atoms with E-state index in [9.17, 15) is 9.90 Å². The minimum absolute atomic E-state index is 0.0542. The van der Waals surface area contributed by atoms with Gasteiger partial charge in [-0.25, -0.2) is 4.79 Å². The van der Waals surface area contributed by atoms with Gasteiger partial charge in [0.05, 0.1) is 17.9 Å². The summed E-state index contributed by atoms with van der Waals surface area (Å²) in [6, 6.07) is 4.18. The van der Waals surface area contributed by atoms with Crippen LogP contribution in [-0.2, 0) is 9.47 Å². The lowest BCUT2D eigenvalue weighted by Gasteiger charge is -2.12. The van der Waals surface area contributed by atoms with Crippen molar-refractivity contribution in [3.05, 3.63) is 23.8 Å². The van der Waals surface area contributed by atoms with Gasteiger partial charge < -0.3 is 20.3 Å². The van der Waals surface area contributed by atoms with Crippen molar-refractivity contribution in [2.24, 2.45) is 0 Å². The molecule has 0 bridgehead atoms. The van der Waals surface area contributed by atoms with Gasteiger partial charge in [-0.15, -0.1) is 0 Å². The molecule has 0 amide bonds. The average molecular weight is 225 g/mol. The number of methoxy groups -OCH3 is 1. The Morgan fingerprint density at radius 1 is 1.56 bits per heavy atom. The Kier molecular flexibility index (Phi) is 4.13. The molecule has 1 atom stereocenters. The molecule has 0 aliphatic rings. The predicted molar refractivity (Wildman–Crippen MR) is 59.3 cm³/mol. The summed E-state index contributed by atoms with van der Waals surface area (Å²) < 4.78 is 9.91. The highest BCUT2D eigenvalue weighted by molar-refractivity contribution is 5.91. The molecule has 0 aliphatic heterocycles. The number of benzene rings is 1. The second-order valence-electron chi connectivity index (χ2n) is 3.44. The van der Waals surface area contributed by atoms with E-state index in [-0.39, 0.29) is 17.5 Å². The second-order valence-corrected chi connectivity index (χ2v) is 3.44. The van der Waals surface area contributed by atoms with E-state index >= 15 is 0 Å². The van der Waals surface area contributed by atoms with Gasteiger partial charge in [0.15, 0.2) is 0 Å². The molecule has 0 radical (unpaired) electrons. The average Bonchev–Trinajstić information content (AvgIpc) is 2.22. The van der Waals surface area contributed by atoms with Crippen LogP contribution >= 0.6 is 0 Å². The zero-order valence-corrected chi connectivity index (χ0v) is 9.27. The molecule has 0 fully saturated rings.